The zero-order valence-electron chi connectivity index (χ0n) is 10.1. The number of hydrogen-bond acceptors (Lipinski definition) is 4. The third kappa shape index (κ3) is 4.89. The van der Waals surface area contributed by atoms with Crippen molar-refractivity contribution in [2.75, 3.05) is 26.2 Å². The largest absolute Gasteiger partial charge is 0.375 e. The summed E-state index contributed by atoms with van der Waals surface area (Å²) in [6, 6.07) is 0.0541. The Morgan fingerprint density at radius 1 is 1.47 bits per heavy atom. The van der Waals surface area contributed by atoms with E-state index in [-0.39, 0.29) is 49.5 Å². The highest BCUT2D eigenvalue weighted by atomic mass is 35.5. The fourth-order valence-electron chi connectivity index (χ4n) is 1.60. The first-order chi connectivity index (χ1) is 7.54. The first kappa shape index (κ1) is 16.1. The Balaban J connectivity index is 0.00000256. The topological polar surface area (TPSA) is 84.7 Å². The fraction of sp³-hybridized carbons (Fsp3) is 0.800. The minimum absolute atomic E-state index is 0. The Bertz CT molecular complexity index is 276. The normalized spacial score (nSPS) is 23.8. The van der Waals surface area contributed by atoms with Crippen molar-refractivity contribution in [1.82, 2.24) is 10.2 Å². The van der Waals surface area contributed by atoms with E-state index in [1.54, 1.807) is 4.90 Å². The minimum atomic E-state index is -0.317. The number of morpholine rings is 1. The molecule has 1 fully saturated rings. The molecule has 17 heavy (non-hydrogen) atoms. The lowest BCUT2D eigenvalue weighted by molar-refractivity contribution is -0.143. The molecule has 0 aromatic heterocycles. The van der Waals surface area contributed by atoms with Crippen LogP contribution in [0, 0.1) is 0 Å². The molecule has 0 saturated carbocycles. The van der Waals surface area contributed by atoms with E-state index >= 15 is 0 Å². The molecule has 0 radical (unpaired) electrons. The van der Waals surface area contributed by atoms with Crippen molar-refractivity contribution < 1.29 is 14.3 Å². The van der Waals surface area contributed by atoms with E-state index in [0.29, 0.717) is 13.2 Å². The van der Waals surface area contributed by atoms with Crippen LogP contribution in [0.4, 0.5) is 0 Å². The summed E-state index contributed by atoms with van der Waals surface area (Å²) in [6.45, 7) is 4.87. The summed E-state index contributed by atoms with van der Waals surface area (Å²) in [5, 5.41) is 2.47. The summed E-state index contributed by atoms with van der Waals surface area (Å²) >= 11 is 0. The second kappa shape index (κ2) is 7.47. The number of nitrogens with zero attached hydrogens (tertiary/aromatic N) is 1. The first-order valence-electron chi connectivity index (χ1n) is 5.42. The van der Waals surface area contributed by atoms with Crippen LogP contribution in [0.5, 0.6) is 0 Å². The number of rotatable bonds is 3. The SMILES string of the molecule is CC1CN(C(=O)CNC(=O)CN)C(C)CO1.Cl. The van der Waals surface area contributed by atoms with Gasteiger partial charge in [-0.3, -0.25) is 9.59 Å². The van der Waals surface area contributed by atoms with Gasteiger partial charge in [-0.2, -0.15) is 0 Å². The predicted octanol–water partition coefficient (Wildman–Crippen LogP) is -0.881. The van der Waals surface area contributed by atoms with E-state index < -0.39 is 0 Å². The minimum Gasteiger partial charge on any atom is -0.375 e. The maximum absolute atomic E-state index is 11.8. The molecule has 2 amide bonds. The number of carbonyl (C=O) groups excluding carboxylic acids is 2. The van der Waals surface area contributed by atoms with Crippen molar-refractivity contribution in [2.24, 2.45) is 5.73 Å². The molecule has 100 valence electrons. The summed E-state index contributed by atoms with van der Waals surface area (Å²) in [4.78, 5) is 24.4. The van der Waals surface area contributed by atoms with Crippen LogP contribution < -0.4 is 11.1 Å². The highest BCUT2D eigenvalue weighted by Gasteiger charge is 2.27. The van der Waals surface area contributed by atoms with E-state index in [1.165, 1.54) is 0 Å². The summed E-state index contributed by atoms with van der Waals surface area (Å²) in [6.07, 6.45) is 0.0466. The van der Waals surface area contributed by atoms with E-state index in [1.807, 2.05) is 13.8 Å². The maximum atomic E-state index is 11.8. The second-order valence-corrected chi connectivity index (χ2v) is 4.02. The molecule has 0 aliphatic carbocycles. The van der Waals surface area contributed by atoms with Crippen LogP contribution in [0.15, 0.2) is 0 Å². The van der Waals surface area contributed by atoms with Crippen LogP contribution >= 0.6 is 12.4 Å². The van der Waals surface area contributed by atoms with Crippen LogP contribution in [0.1, 0.15) is 13.8 Å². The quantitative estimate of drug-likeness (QED) is 0.694. The third-order valence-electron chi connectivity index (χ3n) is 2.55. The molecule has 1 rings (SSSR count). The molecule has 6 nitrogen and oxygen atoms in total. The van der Waals surface area contributed by atoms with Gasteiger partial charge < -0.3 is 20.7 Å². The highest BCUT2D eigenvalue weighted by molar-refractivity contribution is 5.86. The molecule has 0 aromatic rings. The summed E-state index contributed by atoms with van der Waals surface area (Å²) in [5.74, 6) is -0.410. The Labute approximate surface area is 107 Å². The average molecular weight is 266 g/mol. The van der Waals surface area contributed by atoms with E-state index in [2.05, 4.69) is 5.32 Å². The van der Waals surface area contributed by atoms with Crippen molar-refractivity contribution in [3.63, 3.8) is 0 Å². The summed E-state index contributed by atoms with van der Waals surface area (Å²) in [7, 11) is 0. The molecule has 2 unspecified atom stereocenters. The van der Waals surface area contributed by atoms with Gasteiger partial charge in [0.25, 0.3) is 0 Å². The van der Waals surface area contributed by atoms with Crippen LogP contribution in [0.2, 0.25) is 0 Å². The molecule has 3 N–H and O–H groups in total. The number of amides is 2. The fourth-order valence-corrected chi connectivity index (χ4v) is 1.60. The van der Waals surface area contributed by atoms with Crippen LogP contribution in [0.25, 0.3) is 0 Å². The van der Waals surface area contributed by atoms with Crippen molar-refractivity contribution in [1.29, 1.82) is 0 Å². The number of nitrogens with one attached hydrogen (secondary N) is 1. The molecule has 1 heterocycles. The molecule has 0 aromatic carbocycles. The Morgan fingerprint density at radius 3 is 2.71 bits per heavy atom. The van der Waals surface area contributed by atoms with Gasteiger partial charge in [-0.1, -0.05) is 0 Å². The molecular formula is C10H20ClN3O3. The average Bonchev–Trinajstić information content (AvgIpc) is 2.28. The van der Waals surface area contributed by atoms with Crippen LogP contribution in [0.3, 0.4) is 0 Å². The molecule has 0 spiro atoms. The lowest BCUT2D eigenvalue weighted by Gasteiger charge is -2.36. The zero-order chi connectivity index (χ0) is 12.1. The lowest BCUT2D eigenvalue weighted by Crippen LogP contribution is -2.53. The number of carbonyl (C=O) groups is 2. The van der Waals surface area contributed by atoms with Gasteiger partial charge in [0, 0.05) is 6.54 Å². The summed E-state index contributed by atoms with van der Waals surface area (Å²) in [5.41, 5.74) is 5.13. The van der Waals surface area contributed by atoms with Crippen LogP contribution in [-0.4, -0.2) is 55.1 Å². The maximum Gasteiger partial charge on any atom is 0.242 e. The van der Waals surface area contributed by atoms with Gasteiger partial charge in [0.05, 0.1) is 31.8 Å². The first-order valence-corrected chi connectivity index (χ1v) is 5.42. The number of hydrogen-bond donors (Lipinski definition) is 2. The molecule has 1 saturated heterocycles. The van der Waals surface area contributed by atoms with E-state index in [9.17, 15) is 9.59 Å². The number of halogens is 1. The van der Waals surface area contributed by atoms with Gasteiger partial charge in [-0.25, -0.2) is 0 Å². The van der Waals surface area contributed by atoms with Gasteiger partial charge >= 0.3 is 0 Å². The van der Waals surface area contributed by atoms with E-state index in [0.717, 1.165) is 0 Å². The van der Waals surface area contributed by atoms with Crippen molar-refractivity contribution >= 4 is 24.2 Å². The zero-order valence-corrected chi connectivity index (χ0v) is 11.0. The molecule has 1 aliphatic heterocycles. The van der Waals surface area contributed by atoms with Gasteiger partial charge in [-0.05, 0) is 13.8 Å². The monoisotopic (exact) mass is 265 g/mol. The van der Waals surface area contributed by atoms with E-state index in [4.69, 9.17) is 10.5 Å². The highest BCUT2D eigenvalue weighted by Crippen LogP contribution is 2.10. The standard InChI is InChI=1S/C10H19N3O3.ClH/c1-7-6-16-8(2)5-13(7)10(15)4-12-9(14)3-11;/h7-8H,3-6,11H2,1-2H3,(H,12,14);1H. The van der Waals surface area contributed by atoms with Crippen molar-refractivity contribution in [2.45, 2.75) is 26.0 Å². The van der Waals surface area contributed by atoms with Gasteiger partial charge in [0.1, 0.15) is 0 Å². The summed E-state index contributed by atoms with van der Waals surface area (Å²) < 4.78 is 5.42. The third-order valence-corrected chi connectivity index (χ3v) is 2.55. The van der Waals surface area contributed by atoms with Gasteiger partial charge in [0.15, 0.2) is 0 Å². The molecule has 0 bridgehead atoms. The smallest absolute Gasteiger partial charge is 0.242 e. The Kier molecular flexibility index (Phi) is 7.10. The number of ether oxygens (including phenoxy) is 1. The van der Waals surface area contributed by atoms with Gasteiger partial charge in [0.2, 0.25) is 11.8 Å². The Morgan fingerprint density at radius 2 is 2.12 bits per heavy atom. The molecular weight excluding hydrogens is 246 g/mol. The molecule has 1 aliphatic rings. The van der Waals surface area contributed by atoms with Crippen molar-refractivity contribution in [3.8, 4) is 0 Å². The number of nitrogens with two attached hydrogens (primary N) is 1. The van der Waals surface area contributed by atoms with Crippen molar-refractivity contribution in [3.05, 3.63) is 0 Å². The molecule has 7 heteroatoms. The second-order valence-electron chi connectivity index (χ2n) is 4.02. The molecule has 2 atom stereocenters. The van der Waals surface area contributed by atoms with Gasteiger partial charge in [-0.15, -0.1) is 12.4 Å². The van der Waals surface area contributed by atoms with Crippen LogP contribution in [-0.2, 0) is 14.3 Å². The predicted molar refractivity (Wildman–Crippen MR) is 65.9 cm³/mol. The lowest BCUT2D eigenvalue weighted by atomic mass is 10.2. The Hall–Kier alpha value is -0.850.